The minimum atomic E-state index is -0.655. The monoisotopic (exact) mass is 470 g/mol. The molecule has 6 heteroatoms. The Labute approximate surface area is 201 Å². The van der Waals surface area contributed by atoms with Gasteiger partial charge in [0.05, 0.1) is 13.3 Å². The fourth-order valence-electron chi connectivity index (χ4n) is 2.60. The van der Waals surface area contributed by atoms with E-state index in [4.69, 9.17) is 26.8 Å². The molecule has 176 valence electrons. The molecule has 33 heavy (non-hydrogen) atoms. The van der Waals surface area contributed by atoms with Crippen molar-refractivity contribution in [1.82, 2.24) is 4.98 Å². The molecule has 3 rings (SSSR count). The lowest BCUT2D eigenvalue weighted by atomic mass is 10.1. The molecule has 0 aliphatic heterocycles. The van der Waals surface area contributed by atoms with Crippen LogP contribution in [0.5, 0.6) is 11.5 Å². The summed E-state index contributed by atoms with van der Waals surface area (Å²) in [5.41, 5.74) is 7.89. The molecule has 0 saturated heterocycles. The Bertz CT molecular complexity index is 964. The molecule has 2 N–H and O–H groups in total. The molecular weight excluding hydrogens is 439 g/mol. The van der Waals surface area contributed by atoms with Crippen LogP contribution in [0.3, 0.4) is 0 Å². The van der Waals surface area contributed by atoms with E-state index < -0.39 is 5.95 Å². The van der Waals surface area contributed by atoms with Crippen molar-refractivity contribution in [2.45, 2.75) is 32.8 Å². The van der Waals surface area contributed by atoms with Crippen LogP contribution in [0, 0.1) is 5.95 Å². The fraction of sp³-hybridized carbons (Fsp3) is 0.222. The minimum Gasteiger partial charge on any atom is -0.497 e. The Hall–Kier alpha value is -3.31. The van der Waals surface area contributed by atoms with Gasteiger partial charge in [0, 0.05) is 11.3 Å². The molecule has 4 nitrogen and oxygen atoms in total. The first-order valence-corrected chi connectivity index (χ1v) is 10.9. The Morgan fingerprint density at radius 1 is 1.09 bits per heavy atom. The highest BCUT2D eigenvalue weighted by molar-refractivity contribution is 6.31. The molecular formula is C27H32ClFN2O2. The van der Waals surface area contributed by atoms with Crippen LogP contribution in [-0.4, -0.2) is 12.1 Å². The molecule has 0 unspecified atom stereocenters. The van der Waals surface area contributed by atoms with Crippen molar-refractivity contribution in [2.75, 3.05) is 12.8 Å². The summed E-state index contributed by atoms with van der Waals surface area (Å²) in [6.07, 6.45) is 7.30. The summed E-state index contributed by atoms with van der Waals surface area (Å²) in [4.78, 5) is 3.64. The first-order valence-electron chi connectivity index (χ1n) is 10.5. The predicted octanol–water partition coefficient (Wildman–Crippen LogP) is 7.43. The molecule has 0 fully saturated rings. The van der Waals surface area contributed by atoms with Crippen LogP contribution in [-0.2, 0) is 13.0 Å². The molecule has 3 aromatic rings. The lowest BCUT2D eigenvalue weighted by molar-refractivity contribution is 0.300. The van der Waals surface area contributed by atoms with E-state index in [9.17, 15) is 4.39 Å². The van der Waals surface area contributed by atoms with Gasteiger partial charge in [0.2, 0.25) is 5.95 Å². The van der Waals surface area contributed by atoms with Crippen LogP contribution in [0.15, 0.2) is 86.1 Å². The normalized spacial score (nSPS) is 9.45. The molecule has 0 saturated carbocycles. The van der Waals surface area contributed by atoms with Crippen LogP contribution in [0.2, 0.25) is 5.02 Å². The number of allylic oxidation sites excluding steroid dienone is 2. The number of unbranched alkanes of at least 4 members (excludes halogenated alkanes) is 1. The van der Waals surface area contributed by atoms with Gasteiger partial charge in [-0.25, -0.2) is 4.98 Å². The van der Waals surface area contributed by atoms with E-state index in [1.54, 1.807) is 25.3 Å². The summed E-state index contributed by atoms with van der Waals surface area (Å²) in [5, 5.41) is 0.0459. The van der Waals surface area contributed by atoms with Crippen molar-refractivity contribution in [2.24, 2.45) is 0 Å². The number of nitrogen functional groups attached to an aromatic ring is 1. The Kier molecular flexibility index (Phi) is 13.7. The summed E-state index contributed by atoms with van der Waals surface area (Å²) < 4.78 is 24.2. The molecule has 1 aromatic heterocycles. The molecule has 0 amide bonds. The van der Waals surface area contributed by atoms with Gasteiger partial charge in [-0.05, 0) is 56.0 Å². The third-order valence-corrected chi connectivity index (χ3v) is 4.61. The van der Waals surface area contributed by atoms with E-state index in [0.717, 1.165) is 29.8 Å². The van der Waals surface area contributed by atoms with E-state index in [-0.39, 0.29) is 5.02 Å². The van der Waals surface area contributed by atoms with Gasteiger partial charge in [-0.15, -0.1) is 13.2 Å². The van der Waals surface area contributed by atoms with Crippen LogP contribution >= 0.6 is 11.6 Å². The highest BCUT2D eigenvalue weighted by Crippen LogP contribution is 2.29. The predicted molar refractivity (Wildman–Crippen MR) is 136 cm³/mol. The van der Waals surface area contributed by atoms with Gasteiger partial charge in [0.1, 0.15) is 23.1 Å². The maximum absolute atomic E-state index is 13.5. The maximum Gasteiger partial charge on any atom is 0.232 e. The van der Waals surface area contributed by atoms with Crippen molar-refractivity contribution in [3.8, 4) is 11.5 Å². The average Bonchev–Trinajstić information content (AvgIpc) is 2.83. The van der Waals surface area contributed by atoms with Gasteiger partial charge in [0.25, 0.3) is 0 Å². The van der Waals surface area contributed by atoms with Gasteiger partial charge in [-0.2, -0.15) is 4.39 Å². The summed E-state index contributed by atoms with van der Waals surface area (Å²) >= 11 is 6.02. The van der Waals surface area contributed by atoms with Gasteiger partial charge in [-0.3, -0.25) is 0 Å². The number of benzene rings is 2. The highest BCUT2D eigenvalue weighted by atomic mass is 35.5. The second kappa shape index (κ2) is 16.3. The summed E-state index contributed by atoms with van der Waals surface area (Å²) in [6.45, 7) is 9.33. The molecule has 0 atom stereocenters. The molecule has 0 aliphatic carbocycles. The number of ether oxygens (including phenoxy) is 2. The topological polar surface area (TPSA) is 57.4 Å². The fourth-order valence-corrected chi connectivity index (χ4v) is 2.84. The molecule has 0 bridgehead atoms. The average molecular weight is 471 g/mol. The molecule has 0 aliphatic rings. The SMILES string of the molecule is C=CC.C=CCCCc1c(OCc2ccccc2)cnc(F)c1Cl.COc1ccc(N)cc1. The van der Waals surface area contributed by atoms with E-state index >= 15 is 0 Å². The van der Waals surface area contributed by atoms with E-state index in [0.29, 0.717) is 24.3 Å². The molecule has 2 aromatic carbocycles. The van der Waals surface area contributed by atoms with Gasteiger partial charge in [-0.1, -0.05) is 54.1 Å². The van der Waals surface area contributed by atoms with Gasteiger partial charge in [0.15, 0.2) is 0 Å². The van der Waals surface area contributed by atoms with Crippen molar-refractivity contribution in [1.29, 1.82) is 0 Å². The third-order valence-electron chi connectivity index (χ3n) is 4.23. The zero-order chi connectivity index (χ0) is 24.5. The Morgan fingerprint density at radius 2 is 1.73 bits per heavy atom. The largest absolute Gasteiger partial charge is 0.497 e. The zero-order valence-corrected chi connectivity index (χ0v) is 20.0. The first-order chi connectivity index (χ1) is 16.0. The number of hydrogen-bond acceptors (Lipinski definition) is 4. The Morgan fingerprint density at radius 3 is 2.30 bits per heavy atom. The summed E-state index contributed by atoms with van der Waals surface area (Å²) in [6, 6.07) is 17.0. The van der Waals surface area contributed by atoms with E-state index in [2.05, 4.69) is 18.1 Å². The minimum absolute atomic E-state index is 0.0459. The lowest BCUT2D eigenvalue weighted by Crippen LogP contribution is -2.02. The Balaban J connectivity index is 0.000000375. The quantitative estimate of drug-likeness (QED) is 0.161. The number of hydrogen-bond donors (Lipinski definition) is 1. The number of methoxy groups -OCH3 is 1. The van der Waals surface area contributed by atoms with E-state index in [1.165, 1.54) is 6.20 Å². The molecule has 0 radical (unpaired) electrons. The van der Waals surface area contributed by atoms with Crippen LogP contribution < -0.4 is 15.2 Å². The van der Waals surface area contributed by atoms with Crippen LogP contribution in [0.4, 0.5) is 10.1 Å². The smallest absolute Gasteiger partial charge is 0.232 e. The van der Waals surface area contributed by atoms with Gasteiger partial charge < -0.3 is 15.2 Å². The van der Waals surface area contributed by atoms with Crippen LogP contribution in [0.25, 0.3) is 0 Å². The van der Waals surface area contributed by atoms with E-state index in [1.807, 2.05) is 55.5 Å². The van der Waals surface area contributed by atoms with Crippen molar-refractivity contribution >= 4 is 17.3 Å². The number of anilines is 1. The maximum atomic E-state index is 13.5. The second-order valence-electron chi connectivity index (χ2n) is 6.84. The van der Waals surface area contributed by atoms with Gasteiger partial charge >= 0.3 is 0 Å². The lowest BCUT2D eigenvalue weighted by Gasteiger charge is -2.13. The highest BCUT2D eigenvalue weighted by Gasteiger charge is 2.14. The summed E-state index contributed by atoms with van der Waals surface area (Å²) in [7, 11) is 1.63. The number of halogens is 2. The van der Waals surface area contributed by atoms with Crippen molar-refractivity contribution in [3.63, 3.8) is 0 Å². The third kappa shape index (κ3) is 10.7. The van der Waals surface area contributed by atoms with Crippen molar-refractivity contribution in [3.05, 3.63) is 108 Å². The number of pyridine rings is 1. The molecule has 0 spiro atoms. The number of rotatable bonds is 8. The number of aromatic nitrogens is 1. The second-order valence-corrected chi connectivity index (χ2v) is 7.22. The standard InChI is InChI=1S/C17H17ClFNO.C7H9NO.C3H6/c1-2-3-5-10-14-15(11-20-17(19)16(14)18)21-12-13-8-6-4-7-9-13;1-9-7-4-2-6(8)3-5-7;1-3-2/h2,4,6-9,11H,1,3,5,10,12H2;2-5H,8H2,1H3;3H,1H2,2H3. The summed E-state index contributed by atoms with van der Waals surface area (Å²) in [5.74, 6) is 0.718. The van der Waals surface area contributed by atoms with Crippen LogP contribution in [0.1, 0.15) is 30.9 Å². The molecule has 1 heterocycles. The first kappa shape index (κ1) is 27.7. The number of nitrogens with two attached hydrogens (primary N) is 1. The number of nitrogens with zero attached hydrogens (tertiary/aromatic N) is 1. The van der Waals surface area contributed by atoms with Crippen molar-refractivity contribution < 1.29 is 13.9 Å². The zero-order valence-electron chi connectivity index (χ0n) is 19.3.